The highest BCUT2D eigenvalue weighted by Crippen LogP contribution is 2.14. The van der Waals surface area contributed by atoms with E-state index in [1.807, 2.05) is 6.26 Å². The molecule has 98 valence electrons. The lowest BCUT2D eigenvalue weighted by Gasteiger charge is -2.26. The first kappa shape index (κ1) is 14.6. The summed E-state index contributed by atoms with van der Waals surface area (Å²) in [4.78, 5) is 23.2. The fourth-order valence-corrected chi connectivity index (χ4v) is 2.05. The monoisotopic (exact) mass is 267 g/mol. The predicted octanol–water partition coefficient (Wildman–Crippen LogP) is 2.01. The third kappa shape index (κ3) is 3.77. The Kier molecular flexibility index (Phi) is 5.22. The summed E-state index contributed by atoms with van der Waals surface area (Å²) >= 11 is 1.55. The number of hydrogen-bond acceptors (Lipinski definition) is 3. The van der Waals surface area contributed by atoms with Gasteiger partial charge in [-0.2, -0.15) is 11.8 Å². The average molecular weight is 267 g/mol. The first-order valence-corrected chi connectivity index (χ1v) is 6.99. The van der Waals surface area contributed by atoms with Crippen molar-refractivity contribution in [1.29, 1.82) is 0 Å². The van der Waals surface area contributed by atoms with Gasteiger partial charge in [-0.05, 0) is 37.5 Å². The molecule has 5 heteroatoms. The summed E-state index contributed by atoms with van der Waals surface area (Å²) in [6.07, 6.45) is 2.30. The molecule has 0 aliphatic heterocycles. The third-order valence-corrected chi connectivity index (χ3v) is 3.32. The van der Waals surface area contributed by atoms with Crippen molar-refractivity contribution in [3.63, 3.8) is 0 Å². The summed E-state index contributed by atoms with van der Waals surface area (Å²) in [6, 6.07) is 8.61. The smallest absolute Gasteiger partial charge is 0.329 e. The van der Waals surface area contributed by atoms with Gasteiger partial charge in [-0.1, -0.05) is 18.2 Å². The molecule has 0 aliphatic carbocycles. The van der Waals surface area contributed by atoms with Gasteiger partial charge in [0.25, 0.3) is 5.91 Å². The molecule has 0 fully saturated rings. The van der Waals surface area contributed by atoms with E-state index in [1.54, 1.807) is 42.1 Å². The highest BCUT2D eigenvalue weighted by Gasteiger charge is 2.34. The number of carboxylic acids is 1. The van der Waals surface area contributed by atoms with E-state index in [0.717, 1.165) is 0 Å². The van der Waals surface area contributed by atoms with Crippen LogP contribution in [-0.4, -0.2) is 34.5 Å². The van der Waals surface area contributed by atoms with Crippen molar-refractivity contribution >= 4 is 23.6 Å². The molecule has 1 unspecified atom stereocenters. The molecule has 1 aromatic rings. The van der Waals surface area contributed by atoms with E-state index < -0.39 is 11.5 Å². The maximum absolute atomic E-state index is 11.9. The van der Waals surface area contributed by atoms with Crippen molar-refractivity contribution in [2.75, 3.05) is 12.0 Å². The van der Waals surface area contributed by atoms with Gasteiger partial charge in [-0.3, -0.25) is 4.79 Å². The number of aliphatic carboxylic acids is 1. The van der Waals surface area contributed by atoms with Crippen LogP contribution in [0, 0.1) is 0 Å². The Labute approximate surface area is 111 Å². The van der Waals surface area contributed by atoms with Crippen molar-refractivity contribution < 1.29 is 14.7 Å². The molecule has 4 nitrogen and oxygen atoms in total. The number of thioether (sulfide) groups is 1. The molecule has 1 aromatic carbocycles. The first-order valence-electron chi connectivity index (χ1n) is 5.59. The number of carboxylic acid groups (broad SMARTS) is 1. The van der Waals surface area contributed by atoms with Crippen LogP contribution in [0.15, 0.2) is 30.3 Å². The molecular formula is C13H17NO3S. The zero-order valence-corrected chi connectivity index (χ0v) is 11.3. The molecule has 0 bridgehead atoms. The van der Waals surface area contributed by atoms with Crippen LogP contribution in [0.1, 0.15) is 23.7 Å². The molecule has 1 amide bonds. The Morgan fingerprint density at radius 1 is 1.33 bits per heavy atom. The molecular weight excluding hydrogens is 250 g/mol. The second-order valence-electron chi connectivity index (χ2n) is 4.20. The molecule has 2 N–H and O–H groups in total. The molecule has 0 saturated carbocycles. The van der Waals surface area contributed by atoms with Crippen molar-refractivity contribution in [3.05, 3.63) is 35.9 Å². The van der Waals surface area contributed by atoms with Crippen molar-refractivity contribution in [1.82, 2.24) is 5.32 Å². The van der Waals surface area contributed by atoms with E-state index in [4.69, 9.17) is 0 Å². The van der Waals surface area contributed by atoms with E-state index in [-0.39, 0.29) is 5.91 Å². The first-order chi connectivity index (χ1) is 8.49. The van der Waals surface area contributed by atoms with Crippen LogP contribution < -0.4 is 5.32 Å². The topological polar surface area (TPSA) is 66.4 Å². The molecule has 0 saturated heterocycles. The molecule has 18 heavy (non-hydrogen) atoms. The Morgan fingerprint density at radius 2 is 1.94 bits per heavy atom. The van der Waals surface area contributed by atoms with Gasteiger partial charge in [-0.15, -0.1) is 0 Å². The Morgan fingerprint density at radius 3 is 2.44 bits per heavy atom. The van der Waals surface area contributed by atoms with Crippen LogP contribution in [0.5, 0.6) is 0 Å². The van der Waals surface area contributed by atoms with Crippen LogP contribution in [0.3, 0.4) is 0 Å². The van der Waals surface area contributed by atoms with E-state index in [1.165, 1.54) is 6.92 Å². The summed E-state index contributed by atoms with van der Waals surface area (Å²) in [6.45, 7) is 1.53. The van der Waals surface area contributed by atoms with E-state index >= 15 is 0 Å². The van der Waals surface area contributed by atoms with Gasteiger partial charge in [0.05, 0.1) is 0 Å². The summed E-state index contributed by atoms with van der Waals surface area (Å²) in [5.41, 5.74) is -0.759. The van der Waals surface area contributed by atoms with Gasteiger partial charge < -0.3 is 10.4 Å². The summed E-state index contributed by atoms with van der Waals surface area (Å²) in [5.74, 6) is -0.694. The lowest BCUT2D eigenvalue weighted by atomic mass is 9.98. The number of amides is 1. The average Bonchev–Trinajstić information content (AvgIpc) is 2.37. The van der Waals surface area contributed by atoms with E-state index in [2.05, 4.69) is 5.32 Å². The van der Waals surface area contributed by atoms with E-state index in [0.29, 0.717) is 17.7 Å². The molecule has 0 radical (unpaired) electrons. The summed E-state index contributed by atoms with van der Waals surface area (Å²) < 4.78 is 0. The highest BCUT2D eigenvalue weighted by molar-refractivity contribution is 7.98. The van der Waals surface area contributed by atoms with Gasteiger partial charge in [0.1, 0.15) is 5.54 Å². The molecule has 0 spiro atoms. The SMILES string of the molecule is CSCCC(C)(NC(=O)c1ccccc1)C(=O)O. The third-order valence-electron chi connectivity index (χ3n) is 2.70. The lowest BCUT2D eigenvalue weighted by Crippen LogP contribution is -2.52. The van der Waals surface area contributed by atoms with Gasteiger partial charge in [-0.25, -0.2) is 4.79 Å². The van der Waals surface area contributed by atoms with E-state index in [9.17, 15) is 14.7 Å². The number of carbonyl (C=O) groups is 2. The second-order valence-corrected chi connectivity index (χ2v) is 5.19. The second kappa shape index (κ2) is 6.44. The Hall–Kier alpha value is -1.49. The Bertz CT molecular complexity index is 422. The standard InChI is InChI=1S/C13H17NO3S/c1-13(12(16)17,8-9-18-2)14-11(15)10-6-4-3-5-7-10/h3-7H,8-9H2,1-2H3,(H,14,15)(H,16,17). The predicted molar refractivity (Wildman–Crippen MR) is 72.9 cm³/mol. The van der Waals surface area contributed by atoms with Crippen LogP contribution in [0.4, 0.5) is 0 Å². The van der Waals surface area contributed by atoms with Gasteiger partial charge >= 0.3 is 5.97 Å². The van der Waals surface area contributed by atoms with Crippen LogP contribution in [0.25, 0.3) is 0 Å². The van der Waals surface area contributed by atoms with Crippen LogP contribution in [-0.2, 0) is 4.79 Å². The molecule has 0 aliphatic rings. The zero-order chi connectivity index (χ0) is 13.6. The van der Waals surface area contributed by atoms with Crippen LogP contribution in [0.2, 0.25) is 0 Å². The van der Waals surface area contributed by atoms with Gasteiger partial charge in [0.2, 0.25) is 0 Å². The van der Waals surface area contributed by atoms with Crippen molar-refractivity contribution in [2.24, 2.45) is 0 Å². The molecule has 0 aromatic heterocycles. The zero-order valence-electron chi connectivity index (χ0n) is 10.5. The minimum Gasteiger partial charge on any atom is -0.480 e. The number of hydrogen-bond donors (Lipinski definition) is 2. The maximum Gasteiger partial charge on any atom is 0.329 e. The van der Waals surface area contributed by atoms with Crippen molar-refractivity contribution in [2.45, 2.75) is 18.9 Å². The van der Waals surface area contributed by atoms with Crippen molar-refractivity contribution in [3.8, 4) is 0 Å². The molecule has 1 atom stereocenters. The minimum atomic E-state index is -1.23. The number of nitrogens with one attached hydrogen (secondary N) is 1. The fourth-order valence-electron chi connectivity index (χ4n) is 1.44. The number of benzene rings is 1. The number of carbonyl (C=O) groups excluding carboxylic acids is 1. The summed E-state index contributed by atoms with van der Waals surface area (Å²) in [7, 11) is 0. The lowest BCUT2D eigenvalue weighted by molar-refractivity contribution is -0.143. The molecule has 0 heterocycles. The summed E-state index contributed by atoms with van der Waals surface area (Å²) in [5, 5.41) is 11.8. The maximum atomic E-state index is 11.9. The highest BCUT2D eigenvalue weighted by atomic mass is 32.2. The fraction of sp³-hybridized carbons (Fsp3) is 0.385. The largest absolute Gasteiger partial charge is 0.480 e. The number of rotatable bonds is 6. The Balaban J connectivity index is 2.78. The van der Waals surface area contributed by atoms with Gasteiger partial charge in [0.15, 0.2) is 0 Å². The van der Waals surface area contributed by atoms with Crippen LogP contribution >= 0.6 is 11.8 Å². The quantitative estimate of drug-likeness (QED) is 0.827. The van der Waals surface area contributed by atoms with Gasteiger partial charge in [0, 0.05) is 5.56 Å². The normalized spacial score (nSPS) is 13.7. The molecule has 1 rings (SSSR count). The minimum absolute atomic E-state index is 0.360.